The minimum absolute atomic E-state index is 0.622. The van der Waals surface area contributed by atoms with E-state index in [1.165, 1.54) is 10.3 Å². The highest BCUT2D eigenvalue weighted by Crippen LogP contribution is 2.40. The van der Waals surface area contributed by atoms with Crippen LogP contribution in [0.4, 0.5) is 0 Å². The normalized spacial score (nSPS) is 14.0. The molecular weight excluding hydrogens is 369 g/mol. The van der Waals surface area contributed by atoms with E-state index in [9.17, 15) is 0 Å². The van der Waals surface area contributed by atoms with E-state index < -0.39 is 0 Å². The summed E-state index contributed by atoms with van der Waals surface area (Å²) < 4.78 is 1.17. The molecule has 3 aromatic rings. The summed E-state index contributed by atoms with van der Waals surface area (Å²) in [4.78, 5) is 5.73. The molecule has 116 valence electrons. The fraction of sp³-hybridized carbons (Fsp3) is 0.167. The van der Waals surface area contributed by atoms with Crippen molar-refractivity contribution < 1.29 is 0 Å². The first-order chi connectivity index (χ1) is 11.1. The van der Waals surface area contributed by atoms with E-state index in [0.29, 0.717) is 16.6 Å². The van der Waals surface area contributed by atoms with Crippen LogP contribution in [0.2, 0.25) is 15.1 Å². The second-order valence-electron chi connectivity index (χ2n) is 5.59. The highest BCUT2D eigenvalue weighted by molar-refractivity contribution is 7.22. The van der Waals surface area contributed by atoms with Gasteiger partial charge in [-0.25, -0.2) is 0 Å². The van der Waals surface area contributed by atoms with Gasteiger partial charge in [0.2, 0.25) is 0 Å². The van der Waals surface area contributed by atoms with Crippen LogP contribution < -0.4 is 0 Å². The molecule has 1 nitrogen and oxygen atoms in total. The van der Waals surface area contributed by atoms with Crippen LogP contribution in [-0.4, -0.2) is 12.3 Å². The number of aryl methyl sites for hydroxylation is 1. The molecule has 0 atom stereocenters. The number of hydrogen-bond acceptors (Lipinski definition) is 2. The molecule has 0 aliphatic carbocycles. The fourth-order valence-electron chi connectivity index (χ4n) is 3.06. The smallest absolute Gasteiger partial charge is 0.0838 e. The molecule has 0 bridgehead atoms. The zero-order chi connectivity index (χ0) is 16.1. The summed E-state index contributed by atoms with van der Waals surface area (Å²) in [5.74, 6) is 0. The van der Waals surface area contributed by atoms with Crippen LogP contribution in [0.1, 0.15) is 21.6 Å². The van der Waals surface area contributed by atoms with Gasteiger partial charge in [-0.15, -0.1) is 11.3 Å². The minimum atomic E-state index is 0.622. The van der Waals surface area contributed by atoms with Gasteiger partial charge in [-0.1, -0.05) is 46.9 Å². The standard InChI is InChI=1S/C18H12Cl3NS/c1-9-3-2-4-14-15(9)16(21)18(23-14)17-12-7-10(19)8-13(20)11(12)5-6-22-17/h2-4,7-8H,5-6H2,1H3. The predicted octanol–water partition coefficient (Wildman–Crippen LogP) is 6.56. The first kappa shape index (κ1) is 15.5. The fourth-order valence-corrected chi connectivity index (χ4v) is 5.35. The number of halogens is 3. The number of rotatable bonds is 1. The lowest BCUT2D eigenvalue weighted by Crippen LogP contribution is -2.14. The molecule has 23 heavy (non-hydrogen) atoms. The van der Waals surface area contributed by atoms with Gasteiger partial charge in [0.05, 0.1) is 15.6 Å². The van der Waals surface area contributed by atoms with E-state index in [2.05, 4.69) is 25.1 Å². The van der Waals surface area contributed by atoms with E-state index in [1.807, 2.05) is 6.07 Å². The van der Waals surface area contributed by atoms with Crippen molar-refractivity contribution in [1.29, 1.82) is 0 Å². The first-order valence-corrected chi connectivity index (χ1v) is 9.22. The topological polar surface area (TPSA) is 12.4 Å². The van der Waals surface area contributed by atoms with Crippen molar-refractivity contribution in [3.05, 3.63) is 67.0 Å². The number of hydrogen-bond donors (Lipinski definition) is 0. The lowest BCUT2D eigenvalue weighted by molar-refractivity contribution is 0.945. The number of fused-ring (bicyclic) bond motifs is 2. The third-order valence-electron chi connectivity index (χ3n) is 4.13. The van der Waals surface area contributed by atoms with Crippen molar-refractivity contribution in [2.24, 2.45) is 4.99 Å². The Labute approximate surface area is 153 Å². The van der Waals surface area contributed by atoms with Crippen LogP contribution in [0, 0.1) is 6.92 Å². The molecule has 0 fully saturated rings. The molecule has 2 aromatic carbocycles. The van der Waals surface area contributed by atoms with Crippen LogP contribution >= 0.6 is 46.1 Å². The quantitative estimate of drug-likeness (QED) is 0.453. The van der Waals surface area contributed by atoms with E-state index in [-0.39, 0.29) is 0 Å². The molecule has 1 aliphatic heterocycles. The zero-order valence-corrected chi connectivity index (χ0v) is 15.4. The molecule has 2 heterocycles. The maximum Gasteiger partial charge on any atom is 0.0838 e. The van der Waals surface area contributed by atoms with Gasteiger partial charge < -0.3 is 0 Å². The predicted molar refractivity (Wildman–Crippen MR) is 102 cm³/mol. The van der Waals surface area contributed by atoms with Crippen LogP contribution in [0.5, 0.6) is 0 Å². The van der Waals surface area contributed by atoms with Crippen LogP contribution in [0.15, 0.2) is 35.3 Å². The molecule has 1 aliphatic rings. The molecule has 0 amide bonds. The molecule has 5 heteroatoms. The summed E-state index contributed by atoms with van der Waals surface area (Å²) >= 11 is 21.0. The van der Waals surface area contributed by atoms with Crippen LogP contribution in [-0.2, 0) is 6.42 Å². The molecule has 1 aromatic heterocycles. The largest absolute Gasteiger partial charge is 0.283 e. The summed E-state index contributed by atoms with van der Waals surface area (Å²) in [7, 11) is 0. The van der Waals surface area contributed by atoms with Gasteiger partial charge in [0.1, 0.15) is 0 Å². The molecule has 0 spiro atoms. The van der Waals surface area contributed by atoms with Gasteiger partial charge in [0.25, 0.3) is 0 Å². The number of thiophene rings is 1. The van der Waals surface area contributed by atoms with Gasteiger partial charge in [-0.2, -0.15) is 0 Å². The molecule has 0 saturated heterocycles. The minimum Gasteiger partial charge on any atom is -0.283 e. The zero-order valence-electron chi connectivity index (χ0n) is 12.3. The Morgan fingerprint density at radius 1 is 1.13 bits per heavy atom. The second kappa shape index (κ2) is 5.78. The monoisotopic (exact) mass is 379 g/mol. The molecule has 0 N–H and O–H groups in total. The Bertz CT molecular complexity index is 972. The summed E-state index contributed by atoms with van der Waals surface area (Å²) in [6, 6.07) is 9.96. The van der Waals surface area contributed by atoms with E-state index in [4.69, 9.17) is 39.8 Å². The average molecular weight is 381 g/mol. The Hall–Kier alpha value is -1.06. The average Bonchev–Trinajstić information content (AvgIpc) is 2.85. The van der Waals surface area contributed by atoms with Crippen molar-refractivity contribution in [3.63, 3.8) is 0 Å². The van der Waals surface area contributed by atoms with E-state index >= 15 is 0 Å². The lowest BCUT2D eigenvalue weighted by atomic mass is 9.96. The Morgan fingerprint density at radius 2 is 1.96 bits per heavy atom. The number of nitrogens with zero attached hydrogens (tertiary/aromatic N) is 1. The van der Waals surface area contributed by atoms with E-state index in [1.54, 1.807) is 17.4 Å². The highest BCUT2D eigenvalue weighted by Gasteiger charge is 2.24. The molecule has 0 saturated carbocycles. The third-order valence-corrected chi connectivity index (χ3v) is 6.33. The van der Waals surface area contributed by atoms with Crippen LogP contribution in [0.3, 0.4) is 0 Å². The SMILES string of the molecule is Cc1cccc2sc(C3=NCCc4c(Cl)cc(Cl)cc43)c(Cl)c12. The maximum atomic E-state index is 6.71. The lowest BCUT2D eigenvalue weighted by Gasteiger charge is -2.18. The molecule has 0 radical (unpaired) electrons. The first-order valence-electron chi connectivity index (χ1n) is 7.27. The van der Waals surface area contributed by atoms with E-state index in [0.717, 1.165) is 38.5 Å². The highest BCUT2D eigenvalue weighted by atomic mass is 35.5. The second-order valence-corrected chi connectivity index (χ2v) is 7.86. The van der Waals surface area contributed by atoms with Gasteiger partial charge >= 0.3 is 0 Å². The van der Waals surface area contributed by atoms with Gasteiger partial charge in [0, 0.05) is 32.2 Å². The van der Waals surface area contributed by atoms with Crippen molar-refractivity contribution >= 4 is 61.9 Å². The Morgan fingerprint density at radius 3 is 2.74 bits per heavy atom. The maximum absolute atomic E-state index is 6.71. The third kappa shape index (κ3) is 2.49. The van der Waals surface area contributed by atoms with Crippen molar-refractivity contribution in [1.82, 2.24) is 0 Å². The summed E-state index contributed by atoms with van der Waals surface area (Å²) in [6.45, 7) is 2.79. The van der Waals surface area contributed by atoms with Crippen LogP contribution in [0.25, 0.3) is 10.1 Å². The van der Waals surface area contributed by atoms with Crippen molar-refractivity contribution in [2.75, 3.05) is 6.54 Å². The van der Waals surface area contributed by atoms with Crippen molar-refractivity contribution in [2.45, 2.75) is 13.3 Å². The Kier molecular flexibility index (Phi) is 3.89. The summed E-state index contributed by atoms with van der Waals surface area (Å²) in [5.41, 5.74) is 4.18. The number of benzene rings is 2. The molecule has 0 unspecified atom stereocenters. The summed E-state index contributed by atoms with van der Waals surface area (Å²) in [6.07, 6.45) is 0.830. The molecular formula is C18H12Cl3NS. The van der Waals surface area contributed by atoms with Crippen molar-refractivity contribution in [3.8, 4) is 0 Å². The molecule has 4 rings (SSSR count). The summed E-state index contributed by atoms with van der Waals surface area (Å²) in [5, 5.41) is 3.20. The van der Waals surface area contributed by atoms with Gasteiger partial charge in [-0.3, -0.25) is 4.99 Å². The van der Waals surface area contributed by atoms with Gasteiger partial charge in [-0.05, 0) is 42.7 Å². The number of aliphatic imine (C=N–C) groups is 1. The van der Waals surface area contributed by atoms with Gasteiger partial charge in [0.15, 0.2) is 0 Å². The Balaban J connectivity index is 1.99.